The van der Waals surface area contributed by atoms with E-state index in [0.717, 1.165) is 0 Å². The fourth-order valence-corrected chi connectivity index (χ4v) is 2.38. The lowest BCUT2D eigenvalue weighted by molar-refractivity contribution is -0.141. The number of hydrogen-bond donors (Lipinski definition) is 1. The number of benzene rings is 1. The molecule has 130 valence electrons. The van der Waals surface area contributed by atoms with Crippen LogP contribution < -0.4 is 11.2 Å². The smallest absolute Gasteiger partial charge is 0.303 e. The van der Waals surface area contributed by atoms with Crippen LogP contribution >= 0.6 is 11.6 Å². The first kappa shape index (κ1) is 16.9. The summed E-state index contributed by atoms with van der Waals surface area (Å²) < 4.78 is 39.9. The number of nitrogens with zero attached hydrogens (tertiary/aromatic N) is 5. The van der Waals surface area contributed by atoms with Crippen molar-refractivity contribution in [3.63, 3.8) is 0 Å². The number of aromatic nitrogens is 6. The van der Waals surface area contributed by atoms with Gasteiger partial charge in [-0.3, -0.25) is 4.79 Å². The molecule has 0 radical (unpaired) electrons. The standard InChI is InChI=1S/C13H8ClF3N6O2/c1-22-11(19-20-21-22)7-4-6(2-3-8(7)14)23-10(24)5-9(13(15,16)17)18-12(23)25/h2-5H,1H3,(H,18,25). The second kappa shape index (κ2) is 5.84. The lowest BCUT2D eigenvalue weighted by Crippen LogP contribution is -2.35. The summed E-state index contributed by atoms with van der Waals surface area (Å²) in [6, 6.07) is 4.33. The third kappa shape index (κ3) is 3.05. The highest BCUT2D eigenvalue weighted by atomic mass is 35.5. The van der Waals surface area contributed by atoms with Gasteiger partial charge in [0.1, 0.15) is 5.69 Å². The molecule has 0 aliphatic carbocycles. The average Bonchev–Trinajstić information content (AvgIpc) is 2.93. The van der Waals surface area contributed by atoms with Crippen LogP contribution in [0, 0.1) is 0 Å². The second-order valence-electron chi connectivity index (χ2n) is 4.95. The van der Waals surface area contributed by atoms with E-state index in [4.69, 9.17) is 11.6 Å². The van der Waals surface area contributed by atoms with Crippen LogP contribution in [0.3, 0.4) is 0 Å². The van der Waals surface area contributed by atoms with Crippen LogP contribution in [0.1, 0.15) is 5.69 Å². The van der Waals surface area contributed by atoms with Crippen LogP contribution in [0.15, 0.2) is 33.9 Å². The van der Waals surface area contributed by atoms with Crippen molar-refractivity contribution >= 4 is 11.6 Å². The van der Waals surface area contributed by atoms with Gasteiger partial charge >= 0.3 is 11.9 Å². The van der Waals surface area contributed by atoms with E-state index in [1.807, 2.05) is 0 Å². The summed E-state index contributed by atoms with van der Waals surface area (Å²) >= 11 is 6.08. The monoisotopic (exact) mass is 372 g/mol. The number of rotatable bonds is 2. The molecule has 0 saturated carbocycles. The Bertz CT molecular complexity index is 1040. The van der Waals surface area contributed by atoms with Crippen molar-refractivity contribution in [2.45, 2.75) is 6.18 Å². The zero-order valence-corrected chi connectivity index (χ0v) is 13.1. The van der Waals surface area contributed by atoms with Crippen molar-refractivity contribution in [1.82, 2.24) is 29.8 Å². The number of hydrogen-bond acceptors (Lipinski definition) is 5. The highest BCUT2D eigenvalue weighted by Crippen LogP contribution is 2.28. The van der Waals surface area contributed by atoms with E-state index in [1.165, 1.54) is 22.9 Å². The topological polar surface area (TPSA) is 98.5 Å². The van der Waals surface area contributed by atoms with Crippen LogP contribution in [0.25, 0.3) is 17.1 Å². The molecule has 1 N–H and O–H groups in total. The van der Waals surface area contributed by atoms with Crippen molar-refractivity contribution in [3.8, 4) is 17.1 Å². The van der Waals surface area contributed by atoms with Crippen molar-refractivity contribution in [3.05, 3.63) is 55.8 Å². The molecule has 3 aromatic rings. The van der Waals surface area contributed by atoms with Gasteiger partial charge in [-0.2, -0.15) is 13.2 Å². The molecular formula is C13H8ClF3N6O2. The summed E-state index contributed by atoms with van der Waals surface area (Å²) in [6.45, 7) is 0. The van der Waals surface area contributed by atoms with E-state index in [1.54, 1.807) is 12.0 Å². The van der Waals surface area contributed by atoms with Crippen LogP contribution in [0.4, 0.5) is 13.2 Å². The lowest BCUT2D eigenvalue weighted by atomic mass is 10.2. The van der Waals surface area contributed by atoms with E-state index in [0.29, 0.717) is 16.2 Å². The first-order valence-corrected chi connectivity index (χ1v) is 7.02. The molecule has 0 aliphatic rings. The molecule has 2 heterocycles. The Hall–Kier alpha value is -2.95. The quantitative estimate of drug-likeness (QED) is 0.733. The number of alkyl halides is 3. The van der Waals surface area contributed by atoms with Crippen LogP contribution in [-0.4, -0.2) is 29.8 Å². The first-order valence-electron chi connectivity index (χ1n) is 6.64. The van der Waals surface area contributed by atoms with E-state index >= 15 is 0 Å². The molecule has 0 saturated heterocycles. The summed E-state index contributed by atoms with van der Waals surface area (Å²) in [7, 11) is 1.55. The summed E-state index contributed by atoms with van der Waals surface area (Å²) in [5.41, 5.74) is -3.48. The fourth-order valence-electron chi connectivity index (χ4n) is 2.17. The van der Waals surface area contributed by atoms with Gasteiger partial charge in [0.2, 0.25) is 0 Å². The molecule has 8 nitrogen and oxygen atoms in total. The highest BCUT2D eigenvalue weighted by Gasteiger charge is 2.33. The van der Waals surface area contributed by atoms with Crippen LogP contribution in [0.5, 0.6) is 0 Å². The number of halogens is 4. The minimum Gasteiger partial charge on any atom is -0.303 e. The summed E-state index contributed by atoms with van der Waals surface area (Å²) in [5, 5.41) is 11.1. The number of nitrogens with one attached hydrogen (secondary N) is 1. The molecule has 0 spiro atoms. The number of tetrazole rings is 1. The maximum Gasteiger partial charge on any atom is 0.431 e. The molecule has 0 aliphatic heterocycles. The van der Waals surface area contributed by atoms with Crippen LogP contribution in [-0.2, 0) is 13.2 Å². The SMILES string of the molecule is Cn1nnnc1-c1cc(-n2c(=O)cc(C(F)(F)F)[nH]c2=O)ccc1Cl. The number of H-pyrrole nitrogens is 1. The first-order chi connectivity index (χ1) is 11.7. The second-order valence-corrected chi connectivity index (χ2v) is 5.36. The maximum absolute atomic E-state index is 12.7. The molecular weight excluding hydrogens is 365 g/mol. The zero-order chi connectivity index (χ0) is 18.4. The minimum atomic E-state index is -4.84. The van der Waals surface area contributed by atoms with Crippen molar-refractivity contribution in [1.29, 1.82) is 0 Å². The molecule has 2 aromatic heterocycles. The predicted octanol–water partition coefficient (Wildman–Crippen LogP) is 1.39. The summed E-state index contributed by atoms with van der Waals surface area (Å²) in [5.74, 6) is 0.253. The molecule has 25 heavy (non-hydrogen) atoms. The normalized spacial score (nSPS) is 11.7. The van der Waals surface area contributed by atoms with Gasteiger partial charge in [0.15, 0.2) is 5.82 Å². The third-order valence-corrected chi connectivity index (χ3v) is 3.64. The molecule has 0 atom stereocenters. The molecule has 0 fully saturated rings. The predicted molar refractivity (Wildman–Crippen MR) is 80.5 cm³/mol. The van der Waals surface area contributed by atoms with Gasteiger partial charge in [-0.1, -0.05) is 11.6 Å². The van der Waals surface area contributed by atoms with Gasteiger partial charge in [-0.25, -0.2) is 14.0 Å². The summed E-state index contributed by atoms with van der Waals surface area (Å²) in [4.78, 5) is 25.6. The Morgan fingerprint density at radius 3 is 2.48 bits per heavy atom. The summed E-state index contributed by atoms with van der Waals surface area (Å²) in [6.07, 6.45) is -4.84. The van der Waals surface area contributed by atoms with Crippen molar-refractivity contribution in [2.24, 2.45) is 7.05 Å². The average molecular weight is 373 g/mol. The van der Waals surface area contributed by atoms with Crippen LogP contribution in [0.2, 0.25) is 5.02 Å². The molecule has 3 rings (SSSR count). The highest BCUT2D eigenvalue weighted by molar-refractivity contribution is 6.33. The Kier molecular flexibility index (Phi) is 3.95. The maximum atomic E-state index is 12.7. The van der Waals surface area contributed by atoms with E-state index < -0.39 is 23.1 Å². The molecule has 0 bridgehead atoms. The number of aryl methyl sites for hydroxylation is 1. The minimum absolute atomic E-state index is 0.0161. The van der Waals surface area contributed by atoms with Crippen molar-refractivity contribution in [2.75, 3.05) is 0 Å². The van der Waals surface area contributed by atoms with Gasteiger partial charge in [0.05, 0.1) is 10.7 Å². The van der Waals surface area contributed by atoms with E-state index in [2.05, 4.69) is 15.5 Å². The van der Waals surface area contributed by atoms with Gasteiger partial charge in [0, 0.05) is 18.7 Å². The van der Waals surface area contributed by atoms with E-state index in [-0.39, 0.29) is 16.5 Å². The van der Waals surface area contributed by atoms with Gasteiger partial charge in [0.25, 0.3) is 5.56 Å². The Morgan fingerprint density at radius 1 is 1.20 bits per heavy atom. The van der Waals surface area contributed by atoms with E-state index in [9.17, 15) is 22.8 Å². The third-order valence-electron chi connectivity index (χ3n) is 3.31. The molecule has 0 unspecified atom stereocenters. The molecule has 1 aromatic carbocycles. The number of aromatic amines is 1. The Balaban J connectivity index is 2.21. The zero-order valence-electron chi connectivity index (χ0n) is 12.4. The Morgan fingerprint density at radius 2 is 1.92 bits per heavy atom. The van der Waals surface area contributed by atoms with Crippen molar-refractivity contribution < 1.29 is 13.2 Å². The lowest BCUT2D eigenvalue weighted by Gasteiger charge is -2.10. The van der Waals surface area contributed by atoms with Gasteiger partial charge < -0.3 is 4.98 Å². The van der Waals surface area contributed by atoms with Gasteiger partial charge in [-0.05, 0) is 28.6 Å². The van der Waals surface area contributed by atoms with Gasteiger partial charge in [-0.15, -0.1) is 5.10 Å². The Labute approximate surface area is 141 Å². The molecule has 0 amide bonds. The molecule has 12 heteroatoms. The fraction of sp³-hybridized carbons (Fsp3) is 0.154. The largest absolute Gasteiger partial charge is 0.431 e.